The molecule has 1 aliphatic rings. The second kappa shape index (κ2) is 7.67. The van der Waals surface area contributed by atoms with Gasteiger partial charge in [-0.3, -0.25) is 4.72 Å². The molecule has 0 spiro atoms. The smallest absolute Gasteiger partial charge is 0.280 e. The van der Waals surface area contributed by atoms with Crippen LogP contribution >= 0.6 is 0 Å². The molecule has 1 aliphatic carbocycles. The van der Waals surface area contributed by atoms with Gasteiger partial charge in [0.2, 0.25) is 10.0 Å². The van der Waals surface area contributed by atoms with Crippen LogP contribution in [-0.2, 0) is 32.4 Å². The highest BCUT2D eigenvalue weighted by Gasteiger charge is 2.38. The Bertz CT molecular complexity index is 1150. The van der Waals surface area contributed by atoms with Crippen LogP contribution in [0.5, 0.6) is 0 Å². The standard InChI is InChI=1S/C17H14F6N2O4S2/c18-16(19,20)10-7-11(17(21,22)23)9-15(8-10)31(28,29)25-13-3-5-14(6-4-13)30(26,27)24-12-1-2-12/h3-9,12,24-25H,1-2H2. The molecule has 2 N–H and O–H groups in total. The van der Waals surface area contributed by atoms with E-state index in [1.807, 2.05) is 4.72 Å². The van der Waals surface area contributed by atoms with Gasteiger partial charge in [0, 0.05) is 11.7 Å². The third-order valence-electron chi connectivity index (χ3n) is 4.19. The van der Waals surface area contributed by atoms with Crippen molar-refractivity contribution in [2.75, 3.05) is 4.72 Å². The number of benzene rings is 2. The highest BCUT2D eigenvalue weighted by Crippen LogP contribution is 2.37. The molecule has 0 amide bonds. The van der Waals surface area contributed by atoms with Crippen LogP contribution in [0.1, 0.15) is 24.0 Å². The molecule has 6 nitrogen and oxygen atoms in total. The minimum absolute atomic E-state index is 0.0793. The maximum absolute atomic E-state index is 13.0. The summed E-state index contributed by atoms with van der Waals surface area (Å²) < 4.78 is 131. The first-order valence-corrected chi connectivity index (χ1v) is 11.5. The maximum Gasteiger partial charge on any atom is 0.416 e. The van der Waals surface area contributed by atoms with Gasteiger partial charge < -0.3 is 0 Å². The van der Waals surface area contributed by atoms with E-state index >= 15 is 0 Å². The van der Waals surface area contributed by atoms with E-state index in [4.69, 9.17) is 0 Å². The fourth-order valence-corrected chi connectivity index (χ4v) is 4.92. The van der Waals surface area contributed by atoms with Gasteiger partial charge >= 0.3 is 12.4 Å². The topological polar surface area (TPSA) is 92.3 Å². The van der Waals surface area contributed by atoms with E-state index in [2.05, 4.69) is 4.72 Å². The molecule has 0 heterocycles. The van der Waals surface area contributed by atoms with Crippen LogP contribution < -0.4 is 9.44 Å². The molecule has 0 saturated heterocycles. The van der Waals surface area contributed by atoms with E-state index in [-0.39, 0.29) is 34.8 Å². The molecule has 0 aromatic heterocycles. The minimum atomic E-state index is -5.21. The zero-order chi connectivity index (χ0) is 23.2. The molecule has 0 unspecified atom stereocenters. The second-order valence-electron chi connectivity index (χ2n) is 6.77. The Morgan fingerprint density at radius 2 is 1.19 bits per heavy atom. The van der Waals surface area contributed by atoms with Crippen molar-refractivity contribution in [2.24, 2.45) is 0 Å². The summed E-state index contributed by atoms with van der Waals surface area (Å²) in [6.07, 6.45) is -9.05. The molecular formula is C17H14F6N2O4S2. The minimum Gasteiger partial charge on any atom is -0.280 e. The van der Waals surface area contributed by atoms with Gasteiger partial charge in [0.25, 0.3) is 10.0 Å². The van der Waals surface area contributed by atoms with Crippen LogP contribution in [0.2, 0.25) is 0 Å². The fraction of sp³-hybridized carbons (Fsp3) is 0.294. The average molecular weight is 488 g/mol. The van der Waals surface area contributed by atoms with Crippen LogP contribution in [0.3, 0.4) is 0 Å². The summed E-state index contributed by atoms with van der Waals surface area (Å²) in [5, 5.41) is 0. The average Bonchev–Trinajstić information content (AvgIpc) is 3.43. The van der Waals surface area contributed by atoms with E-state index in [1.54, 1.807) is 0 Å². The quantitative estimate of drug-likeness (QED) is 0.602. The van der Waals surface area contributed by atoms with Gasteiger partial charge in [0.15, 0.2) is 0 Å². The summed E-state index contributed by atoms with van der Waals surface area (Å²) in [6, 6.07) is 3.95. The summed E-state index contributed by atoms with van der Waals surface area (Å²) in [5.41, 5.74) is -3.82. The van der Waals surface area contributed by atoms with Crippen LogP contribution in [0.15, 0.2) is 52.3 Å². The van der Waals surface area contributed by atoms with Crippen molar-refractivity contribution in [3.05, 3.63) is 53.6 Å². The van der Waals surface area contributed by atoms with E-state index in [9.17, 15) is 43.2 Å². The lowest BCUT2D eigenvalue weighted by Crippen LogP contribution is -2.25. The molecule has 1 saturated carbocycles. The van der Waals surface area contributed by atoms with Crippen LogP contribution in [0, 0.1) is 0 Å². The molecule has 0 bridgehead atoms. The third-order valence-corrected chi connectivity index (χ3v) is 7.08. The van der Waals surface area contributed by atoms with Crippen LogP contribution in [0.4, 0.5) is 32.0 Å². The first-order chi connectivity index (χ1) is 14.1. The van der Waals surface area contributed by atoms with Gasteiger partial charge in [-0.1, -0.05) is 0 Å². The summed E-state index contributed by atoms with van der Waals surface area (Å²) in [5.74, 6) is 0. The van der Waals surface area contributed by atoms with E-state index in [0.29, 0.717) is 12.8 Å². The van der Waals surface area contributed by atoms with Gasteiger partial charge in [-0.15, -0.1) is 0 Å². The zero-order valence-corrected chi connectivity index (χ0v) is 16.9. The lowest BCUT2D eigenvalue weighted by molar-refractivity contribution is -0.143. The molecule has 1 fully saturated rings. The molecule has 3 rings (SSSR count). The van der Waals surface area contributed by atoms with Crippen molar-refractivity contribution in [1.29, 1.82) is 0 Å². The number of alkyl halides is 6. The Morgan fingerprint density at radius 1 is 0.710 bits per heavy atom. The van der Waals surface area contributed by atoms with E-state index in [0.717, 1.165) is 24.3 Å². The SMILES string of the molecule is O=S(=O)(Nc1ccc(S(=O)(=O)NC2CC2)cc1)c1cc(C(F)(F)F)cc(C(F)(F)F)c1. The summed E-state index contributed by atoms with van der Waals surface area (Å²) in [6.45, 7) is 0. The summed E-state index contributed by atoms with van der Waals surface area (Å²) >= 11 is 0. The lowest BCUT2D eigenvalue weighted by Gasteiger charge is -2.15. The van der Waals surface area contributed by atoms with Gasteiger partial charge in [0.05, 0.1) is 20.9 Å². The largest absolute Gasteiger partial charge is 0.416 e. The molecule has 14 heteroatoms. The Labute approximate surface area is 173 Å². The van der Waals surface area contributed by atoms with E-state index < -0.39 is 48.4 Å². The molecule has 2 aromatic rings. The van der Waals surface area contributed by atoms with Crippen molar-refractivity contribution in [3.63, 3.8) is 0 Å². The molecule has 31 heavy (non-hydrogen) atoms. The monoisotopic (exact) mass is 488 g/mol. The van der Waals surface area contributed by atoms with Crippen LogP contribution in [-0.4, -0.2) is 22.9 Å². The lowest BCUT2D eigenvalue weighted by atomic mass is 10.1. The number of anilines is 1. The first kappa shape index (κ1) is 23.3. The Hall–Kier alpha value is -2.32. The molecule has 0 atom stereocenters. The van der Waals surface area contributed by atoms with Gasteiger partial charge in [-0.25, -0.2) is 21.6 Å². The number of hydrogen-bond acceptors (Lipinski definition) is 4. The molecule has 170 valence electrons. The van der Waals surface area contributed by atoms with Crippen molar-refractivity contribution < 1.29 is 43.2 Å². The van der Waals surface area contributed by atoms with Gasteiger partial charge in [-0.2, -0.15) is 26.3 Å². The van der Waals surface area contributed by atoms with Gasteiger partial charge in [-0.05, 0) is 55.3 Å². The normalized spacial score (nSPS) is 15.7. The van der Waals surface area contributed by atoms with Crippen LogP contribution in [0.25, 0.3) is 0 Å². The van der Waals surface area contributed by atoms with Crippen molar-refractivity contribution >= 4 is 25.7 Å². The second-order valence-corrected chi connectivity index (χ2v) is 10.2. The highest BCUT2D eigenvalue weighted by atomic mass is 32.2. The highest BCUT2D eigenvalue weighted by molar-refractivity contribution is 7.92. The Morgan fingerprint density at radius 3 is 1.61 bits per heavy atom. The number of hydrogen-bond donors (Lipinski definition) is 2. The van der Waals surface area contributed by atoms with E-state index in [1.165, 1.54) is 0 Å². The van der Waals surface area contributed by atoms with Crippen molar-refractivity contribution in [3.8, 4) is 0 Å². The van der Waals surface area contributed by atoms with Crippen molar-refractivity contribution in [1.82, 2.24) is 4.72 Å². The zero-order valence-electron chi connectivity index (χ0n) is 15.3. The molecular weight excluding hydrogens is 474 g/mol. The number of halogens is 6. The first-order valence-electron chi connectivity index (χ1n) is 8.53. The third kappa shape index (κ3) is 5.68. The summed E-state index contributed by atoms with van der Waals surface area (Å²) in [4.78, 5) is -1.43. The Kier molecular flexibility index (Phi) is 5.78. The number of nitrogens with one attached hydrogen (secondary N) is 2. The number of rotatable bonds is 6. The fourth-order valence-electron chi connectivity index (χ4n) is 2.49. The predicted octanol–water partition coefficient (Wildman–Crippen LogP) is 3.97. The van der Waals surface area contributed by atoms with Gasteiger partial charge in [0.1, 0.15) is 0 Å². The summed E-state index contributed by atoms with van der Waals surface area (Å²) in [7, 11) is -8.68. The number of sulfonamides is 2. The molecule has 0 aliphatic heterocycles. The molecule has 0 radical (unpaired) electrons. The Balaban J connectivity index is 1.91. The maximum atomic E-state index is 13.0. The predicted molar refractivity (Wildman–Crippen MR) is 97.0 cm³/mol. The molecule has 2 aromatic carbocycles. The van der Waals surface area contributed by atoms with Crippen molar-refractivity contribution in [2.45, 2.75) is 41.0 Å².